The number of rotatable bonds is 5. The second-order valence-electron chi connectivity index (χ2n) is 14.1. The van der Waals surface area contributed by atoms with Gasteiger partial charge in [0.05, 0.1) is 0 Å². The van der Waals surface area contributed by atoms with E-state index < -0.39 is 6.17 Å². The topological polar surface area (TPSA) is 46.0 Å². The highest BCUT2D eigenvalue weighted by molar-refractivity contribution is 7.25. The number of aliphatic imine (C=N–C) groups is 2. The fourth-order valence-electron chi connectivity index (χ4n) is 8.17. The van der Waals surface area contributed by atoms with Gasteiger partial charge in [-0.1, -0.05) is 146 Å². The lowest BCUT2D eigenvalue weighted by Gasteiger charge is -2.24. The molecule has 7 aromatic carbocycles. The van der Waals surface area contributed by atoms with Crippen LogP contribution >= 0.6 is 11.3 Å². The third-order valence-electron chi connectivity index (χ3n) is 10.9. The zero-order valence-corrected chi connectivity index (χ0v) is 30.0. The Balaban J connectivity index is 0.964. The van der Waals surface area contributed by atoms with E-state index in [9.17, 15) is 0 Å². The lowest BCUT2D eigenvalue weighted by atomic mass is 9.85. The number of thiophene rings is 1. The lowest BCUT2D eigenvalue weighted by molar-refractivity contribution is 0.269. The Hall–Kier alpha value is -6.56. The molecule has 4 nitrogen and oxygen atoms in total. The van der Waals surface area contributed by atoms with E-state index in [-0.39, 0.29) is 12.0 Å². The van der Waals surface area contributed by atoms with Gasteiger partial charge >= 0.3 is 0 Å². The summed E-state index contributed by atoms with van der Waals surface area (Å²) >= 11 is 1.82. The Morgan fingerprint density at radius 2 is 1.30 bits per heavy atom. The van der Waals surface area contributed by atoms with Gasteiger partial charge in [-0.3, -0.25) is 0 Å². The number of amidine groups is 2. The number of benzene rings is 7. The molecule has 0 fully saturated rings. The summed E-state index contributed by atoms with van der Waals surface area (Å²) in [7, 11) is 0. The largest absolute Gasteiger partial charge is 0.485 e. The third-order valence-corrected chi connectivity index (χ3v) is 12.0. The number of allylic oxidation sites excluding steroid dienone is 2. The minimum Gasteiger partial charge on any atom is -0.485 e. The predicted molar refractivity (Wildman–Crippen MR) is 225 cm³/mol. The summed E-state index contributed by atoms with van der Waals surface area (Å²) in [5.41, 5.74) is 9.05. The van der Waals surface area contributed by atoms with Gasteiger partial charge in [0.2, 0.25) is 0 Å². The number of ether oxygens (including phenoxy) is 1. The molecule has 3 atom stereocenters. The molecule has 0 saturated heterocycles. The molecule has 1 N–H and O–H groups in total. The fraction of sp³-hybridized carbons (Fsp3) is 0.0612. The number of fused-ring (bicyclic) bond motifs is 7. The van der Waals surface area contributed by atoms with Crippen molar-refractivity contribution in [1.29, 1.82) is 0 Å². The molecule has 2 aliphatic heterocycles. The molecular weight excluding hydrogens is 679 g/mol. The summed E-state index contributed by atoms with van der Waals surface area (Å²) in [6, 6.07) is 56.0. The predicted octanol–water partition coefficient (Wildman–Crippen LogP) is 11.9. The maximum absolute atomic E-state index is 6.70. The Labute approximate surface area is 317 Å². The van der Waals surface area contributed by atoms with E-state index in [1.54, 1.807) is 0 Å². The van der Waals surface area contributed by atoms with Crippen LogP contribution < -0.4 is 10.1 Å². The van der Waals surface area contributed by atoms with Crippen LogP contribution in [0.25, 0.3) is 47.6 Å². The molecule has 0 amide bonds. The van der Waals surface area contributed by atoms with Gasteiger partial charge in [0.25, 0.3) is 0 Å². The average molecular weight is 712 g/mol. The fourth-order valence-corrected chi connectivity index (χ4v) is 9.31. The van der Waals surface area contributed by atoms with E-state index in [0.717, 1.165) is 39.7 Å². The van der Waals surface area contributed by atoms with Crippen LogP contribution in [-0.4, -0.2) is 17.8 Å². The molecule has 0 saturated carbocycles. The van der Waals surface area contributed by atoms with E-state index in [0.29, 0.717) is 0 Å². The summed E-state index contributed by atoms with van der Waals surface area (Å²) in [6.07, 6.45) is 6.29. The van der Waals surface area contributed by atoms with E-state index in [1.165, 1.54) is 53.2 Å². The lowest BCUT2D eigenvalue weighted by Crippen LogP contribution is -2.36. The quantitative estimate of drug-likeness (QED) is 0.193. The molecule has 1 aliphatic carbocycles. The van der Waals surface area contributed by atoms with Gasteiger partial charge in [0.15, 0.2) is 6.17 Å². The molecule has 256 valence electrons. The standard InChI is InChI=1S/C49H33N3OS/c1-2-9-30(10-3-1)32-17-19-33(20-18-32)35-23-26-40-43(28-35)53-42-15-8-14-41(46(40)42)49-51-47(36-22-21-31-11-4-5-12-34(31)27-36)50-48(52-49)37-24-25-39-38-13-6-7-16-44(38)54-45(39)29-37/h1-29,40,43,47H,(H,50,51,52). The highest BCUT2D eigenvalue weighted by atomic mass is 32.1. The van der Waals surface area contributed by atoms with Gasteiger partial charge in [-0.2, -0.15) is 0 Å². The first-order valence-corrected chi connectivity index (χ1v) is 19.2. The summed E-state index contributed by atoms with van der Waals surface area (Å²) < 4.78 is 9.23. The number of nitrogens with zero attached hydrogens (tertiary/aromatic N) is 2. The molecular formula is C49H33N3OS. The zero-order valence-electron chi connectivity index (χ0n) is 29.2. The van der Waals surface area contributed by atoms with E-state index in [4.69, 9.17) is 14.7 Å². The van der Waals surface area contributed by atoms with Crippen molar-refractivity contribution < 1.29 is 4.74 Å². The van der Waals surface area contributed by atoms with Crippen LogP contribution in [0, 0.1) is 0 Å². The highest BCUT2D eigenvalue weighted by Gasteiger charge is 2.37. The van der Waals surface area contributed by atoms with Gasteiger partial charge in [-0.05, 0) is 68.9 Å². The van der Waals surface area contributed by atoms with Crippen LogP contribution in [0.4, 0.5) is 0 Å². The second-order valence-corrected chi connectivity index (χ2v) is 15.2. The summed E-state index contributed by atoms with van der Waals surface area (Å²) in [5.74, 6) is 2.57. The first-order valence-electron chi connectivity index (χ1n) is 18.4. The smallest absolute Gasteiger partial charge is 0.169 e. The molecule has 54 heavy (non-hydrogen) atoms. The van der Waals surface area contributed by atoms with Gasteiger partial charge in [0, 0.05) is 42.8 Å². The SMILES string of the molecule is C1=CC2c3c(cccc3C3=NC(c4ccc5ccccc5c4)N=C(c4ccc5c(c4)sc4ccccc45)N3)OC2C=C1c1ccc(-c2ccccc2)cc1. The van der Waals surface area contributed by atoms with Crippen molar-refractivity contribution in [3.63, 3.8) is 0 Å². The molecule has 3 unspecified atom stereocenters. The van der Waals surface area contributed by atoms with Gasteiger partial charge in [-0.15, -0.1) is 11.3 Å². The molecule has 3 aliphatic rings. The van der Waals surface area contributed by atoms with Gasteiger partial charge < -0.3 is 10.1 Å². The maximum atomic E-state index is 6.70. The minimum absolute atomic E-state index is 0.0596. The average Bonchev–Trinajstić information content (AvgIpc) is 3.81. The Kier molecular flexibility index (Phi) is 7.20. The molecule has 8 aromatic rings. The monoisotopic (exact) mass is 711 g/mol. The first kappa shape index (κ1) is 31.0. The normalized spacial score (nSPS) is 18.7. The summed E-state index contributed by atoms with van der Waals surface area (Å²) in [6.45, 7) is 0. The van der Waals surface area contributed by atoms with Crippen LogP contribution in [0.2, 0.25) is 0 Å². The molecule has 5 heteroatoms. The molecule has 11 rings (SSSR count). The summed E-state index contributed by atoms with van der Waals surface area (Å²) in [4.78, 5) is 10.6. The zero-order chi connectivity index (χ0) is 35.6. The first-order chi connectivity index (χ1) is 26.7. The minimum atomic E-state index is -0.416. The van der Waals surface area contributed by atoms with Crippen molar-refractivity contribution >= 4 is 59.5 Å². The number of hydrogen-bond donors (Lipinski definition) is 1. The van der Waals surface area contributed by atoms with Crippen molar-refractivity contribution in [1.82, 2.24) is 5.32 Å². The molecule has 3 heterocycles. The maximum Gasteiger partial charge on any atom is 0.169 e. The van der Waals surface area contributed by atoms with Crippen LogP contribution in [0.1, 0.15) is 39.9 Å². The van der Waals surface area contributed by atoms with Crippen LogP contribution in [0.5, 0.6) is 5.75 Å². The van der Waals surface area contributed by atoms with E-state index in [1.807, 2.05) is 11.3 Å². The Morgan fingerprint density at radius 3 is 2.20 bits per heavy atom. The number of hydrogen-bond acceptors (Lipinski definition) is 5. The molecule has 0 spiro atoms. The summed E-state index contributed by atoms with van der Waals surface area (Å²) in [5, 5.41) is 8.64. The van der Waals surface area contributed by atoms with Crippen LogP contribution in [0.15, 0.2) is 186 Å². The van der Waals surface area contributed by atoms with Crippen molar-refractivity contribution in [2.45, 2.75) is 18.2 Å². The molecule has 0 radical (unpaired) electrons. The molecule has 1 aromatic heterocycles. The Morgan fingerprint density at radius 1 is 0.556 bits per heavy atom. The number of nitrogens with one attached hydrogen (secondary N) is 1. The van der Waals surface area contributed by atoms with Crippen molar-refractivity contribution in [3.8, 4) is 16.9 Å². The van der Waals surface area contributed by atoms with Gasteiger partial charge in [0.1, 0.15) is 23.5 Å². The van der Waals surface area contributed by atoms with Crippen LogP contribution in [0.3, 0.4) is 0 Å². The van der Waals surface area contributed by atoms with Crippen molar-refractivity contribution in [3.05, 3.63) is 204 Å². The van der Waals surface area contributed by atoms with Crippen LogP contribution in [-0.2, 0) is 0 Å². The van der Waals surface area contributed by atoms with Crippen molar-refractivity contribution in [2.24, 2.45) is 9.98 Å². The van der Waals surface area contributed by atoms with E-state index >= 15 is 0 Å². The third kappa shape index (κ3) is 5.27. The second kappa shape index (κ2) is 12.5. The molecule has 0 bridgehead atoms. The Bertz CT molecular complexity index is 2900. The highest BCUT2D eigenvalue weighted by Crippen LogP contribution is 2.46. The van der Waals surface area contributed by atoms with Gasteiger partial charge in [-0.25, -0.2) is 9.98 Å². The van der Waals surface area contributed by atoms with E-state index in [2.05, 4.69) is 181 Å². The van der Waals surface area contributed by atoms with Crippen molar-refractivity contribution in [2.75, 3.05) is 0 Å².